The van der Waals surface area contributed by atoms with Crippen molar-refractivity contribution < 1.29 is 9.53 Å². The first-order valence-electron chi connectivity index (χ1n) is 8.07. The van der Waals surface area contributed by atoms with Crippen LogP contribution < -0.4 is 10.5 Å². The zero-order valence-electron chi connectivity index (χ0n) is 13.3. The van der Waals surface area contributed by atoms with Gasteiger partial charge in [-0.25, -0.2) is 0 Å². The van der Waals surface area contributed by atoms with E-state index in [-0.39, 0.29) is 11.9 Å². The van der Waals surface area contributed by atoms with Crippen LogP contribution in [0.3, 0.4) is 0 Å². The number of carbonyl (C=O) groups is 1. The maximum Gasteiger partial charge on any atom is 0.254 e. The molecule has 2 N–H and O–H groups in total. The Morgan fingerprint density at radius 3 is 2.79 bits per heavy atom. The molecule has 1 unspecified atom stereocenters. The Morgan fingerprint density at radius 1 is 1.29 bits per heavy atom. The van der Waals surface area contributed by atoms with Crippen LogP contribution in [0.5, 0.6) is 11.5 Å². The number of rotatable bonds is 4. The fraction of sp³-hybridized carbons (Fsp3) is 0.333. The maximum absolute atomic E-state index is 12.8. The van der Waals surface area contributed by atoms with E-state index in [1.165, 1.54) is 0 Å². The van der Waals surface area contributed by atoms with Gasteiger partial charge < -0.3 is 15.4 Å². The minimum atomic E-state index is -0.0255. The molecule has 0 aliphatic carbocycles. The summed E-state index contributed by atoms with van der Waals surface area (Å²) in [6, 6.07) is 8.72. The molecule has 24 heavy (non-hydrogen) atoms. The number of amides is 1. The van der Waals surface area contributed by atoms with Crippen molar-refractivity contribution in [3.05, 3.63) is 53.3 Å². The summed E-state index contributed by atoms with van der Waals surface area (Å²) in [6.07, 6.45) is 6.37. The highest BCUT2D eigenvalue weighted by Gasteiger charge is 2.26. The van der Waals surface area contributed by atoms with Gasteiger partial charge in [-0.2, -0.15) is 0 Å². The molecule has 0 saturated carbocycles. The van der Waals surface area contributed by atoms with Crippen molar-refractivity contribution in [1.29, 1.82) is 0 Å². The SMILES string of the molecule is NCC1CCCCN1C(=O)c1ccc(Oc2ccncc2)c(Cl)c1. The Balaban J connectivity index is 1.77. The van der Waals surface area contributed by atoms with Crippen LogP contribution in [0.2, 0.25) is 5.02 Å². The third-order valence-electron chi connectivity index (χ3n) is 4.22. The zero-order valence-corrected chi connectivity index (χ0v) is 14.1. The third kappa shape index (κ3) is 3.68. The van der Waals surface area contributed by atoms with Crippen molar-refractivity contribution >= 4 is 17.5 Å². The van der Waals surface area contributed by atoms with Crippen molar-refractivity contribution in [2.45, 2.75) is 25.3 Å². The lowest BCUT2D eigenvalue weighted by molar-refractivity contribution is 0.0623. The van der Waals surface area contributed by atoms with Crippen LogP contribution in [0.1, 0.15) is 29.6 Å². The molecule has 5 nitrogen and oxygen atoms in total. The van der Waals surface area contributed by atoms with Crippen LogP contribution >= 0.6 is 11.6 Å². The highest BCUT2D eigenvalue weighted by molar-refractivity contribution is 6.32. The Morgan fingerprint density at radius 2 is 2.08 bits per heavy atom. The molecule has 3 rings (SSSR count). The van der Waals surface area contributed by atoms with E-state index < -0.39 is 0 Å². The quantitative estimate of drug-likeness (QED) is 0.921. The Hall–Kier alpha value is -2.11. The summed E-state index contributed by atoms with van der Waals surface area (Å²) < 4.78 is 5.71. The van der Waals surface area contributed by atoms with Crippen LogP contribution in [0.25, 0.3) is 0 Å². The Labute approximate surface area is 146 Å². The molecule has 0 bridgehead atoms. The first-order valence-corrected chi connectivity index (χ1v) is 8.45. The predicted molar refractivity (Wildman–Crippen MR) is 93.5 cm³/mol. The van der Waals surface area contributed by atoms with Gasteiger partial charge in [0.05, 0.1) is 5.02 Å². The summed E-state index contributed by atoms with van der Waals surface area (Å²) in [6.45, 7) is 1.23. The molecular weight excluding hydrogens is 326 g/mol. The number of benzene rings is 1. The van der Waals surface area contributed by atoms with Crippen molar-refractivity contribution in [1.82, 2.24) is 9.88 Å². The molecule has 6 heteroatoms. The first kappa shape index (κ1) is 16.7. The number of hydrogen-bond donors (Lipinski definition) is 1. The van der Waals surface area contributed by atoms with E-state index >= 15 is 0 Å². The fourth-order valence-electron chi connectivity index (χ4n) is 2.93. The van der Waals surface area contributed by atoms with Gasteiger partial charge in [-0.05, 0) is 49.6 Å². The summed E-state index contributed by atoms with van der Waals surface area (Å²) in [5, 5.41) is 0.402. The van der Waals surface area contributed by atoms with Gasteiger partial charge in [0.2, 0.25) is 0 Å². The smallest absolute Gasteiger partial charge is 0.254 e. The van der Waals surface area contributed by atoms with Gasteiger partial charge >= 0.3 is 0 Å². The lowest BCUT2D eigenvalue weighted by Gasteiger charge is -2.35. The van der Waals surface area contributed by atoms with E-state index in [1.807, 2.05) is 4.90 Å². The van der Waals surface area contributed by atoms with Gasteiger partial charge in [0, 0.05) is 37.1 Å². The van der Waals surface area contributed by atoms with Gasteiger partial charge in [0.25, 0.3) is 5.91 Å². The van der Waals surface area contributed by atoms with Crippen LogP contribution in [-0.4, -0.2) is 34.9 Å². The molecule has 1 aliphatic rings. The molecule has 1 aromatic carbocycles. The highest BCUT2D eigenvalue weighted by Crippen LogP contribution is 2.30. The summed E-state index contributed by atoms with van der Waals surface area (Å²) in [7, 11) is 0. The van der Waals surface area contributed by atoms with Crippen LogP contribution in [0, 0.1) is 0 Å². The number of hydrogen-bond acceptors (Lipinski definition) is 4. The third-order valence-corrected chi connectivity index (χ3v) is 4.51. The summed E-state index contributed by atoms with van der Waals surface area (Å²) in [5.41, 5.74) is 6.36. The lowest BCUT2D eigenvalue weighted by Crippen LogP contribution is -2.47. The fourth-order valence-corrected chi connectivity index (χ4v) is 3.15. The second kappa shape index (κ2) is 7.64. The van der Waals surface area contributed by atoms with Crippen molar-refractivity contribution in [3.8, 4) is 11.5 Å². The van der Waals surface area contributed by atoms with E-state index in [1.54, 1.807) is 42.7 Å². The minimum absolute atomic E-state index is 0.0255. The average Bonchev–Trinajstić information content (AvgIpc) is 2.63. The molecule has 1 fully saturated rings. The number of ether oxygens (including phenoxy) is 1. The van der Waals surface area contributed by atoms with Gasteiger partial charge in [-0.15, -0.1) is 0 Å². The van der Waals surface area contributed by atoms with Crippen molar-refractivity contribution in [2.24, 2.45) is 5.73 Å². The number of halogens is 1. The number of nitrogens with zero attached hydrogens (tertiary/aromatic N) is 2. The van der Waals surface area contributed by atoms with Crippen LogP contribution in [0.15, 0.2) is 42.7 Å². The van der Waals surface area contributed by atoms with Gasteiger partial charge in [0.15, 0.2) is 0 Å². The zero-order chi connectivity index (χ0) is 16.9. The number of likely N-dealkylation sites (tertiary alicyclic amines) is 1. The number of piperidine rings is 1. The van der Waals surface area contributed by atoms with Gasteiger partial charge in [-0.3, -0.25) is 9.78 Å². The summed E-state index contributed by atoms with van der Waals surface area (Å²) in [5.74, 6) is 1.13. The minimum Gasteiger partial charge on any atom is -0.456 e. The molecule has 0 radical (unpaired) electrons. The second-order valence-corrected chi connectivity index (χ2v) is 6.22. The number of pyridine rings is 1. The average molecular weight is 346 g/mol. The molecule has 1 amide bonds. The van der Waals surface area contributed by atoms with Gasteiger partial charge in [0.1, 0.15) is 11.5 Å². The Kier molecular flexibility index (Phi) is 5.33. The lowest BCUT2D eigenvalue weighted by atomic mass is 10.0. The van der Waals surface area contributed by atoms with E-state index in [0.717, 1.165) is 25.8 Å². The Bertz CT molecular complexity index is 709. The van der Waals surface area contributed by atoms with E-state index in [2.05, 4.69) is 4.98 Å². The summed E-state index contributed by atoms with van der Waals surface area (Å²) in [4.78, 5) is 18.6. The normalized spacial score (nSPS) is 17.6. The standard InChI is InChI=1S/C18H20ClN3O2/c19-16-11-13(18(23)22-10-2-1-3-14(22)12-20)4-5-17(16)24-15-6-8-21-9-7-15/h4-9,11,14H,1-3,10,12,20H2. The second-order valence-electron chi connectivity index (χ2n) is 5.81. The largest absolute Gasteiger partial charge is 0.456 e. The molecule has 126 valence electrons. The molecule has 1 atom stereocenters. The molecule has 1 aromatic heterocycles. The van der Waals surface area contributed by atoms with E-state index in [0.29, 0.717) is 28.6 Å². The molecule has 2 aromatic rings. The maximum atomic E-state index is 12.8. The molecule has 2 heterocycles. The summed E-state index contributed by atoms with van der Waals surface area (Å²) >= 11 is 6.30. The van der Waals surface area contributed by atoms with Crippen molar-refractivity contribution in [2.75, 3.05) is 13.1 Å². The van der Waals surface area contributed by atoms with Gasteiger partial charge in [-0.1, -0.05) is 11.6 Å². The topological polar surface area (TPSA) is 68.5 Å². The monoisotopic (exact) mass is 345 g/mol. The number of aromatic nitrogens is 1. The molecule has 1 aliphatic heterocycles. The van der Waals surface area contributed by atoms with E-state index in [4.69, 9.17) is 22.1 Å². The first-order chi connectivity index (χ1) is 11.7. The van der Waals surface area contributed by atoms with Crippen LogP contribution in [-0.2, 0) is 0 Å². The number of carbonyl (C=O) groups excluding carboxylic acids is 1. The van der Waals surface area contributed by atoms with Crippen molar-refractivity contribution in [3.63, 3.8) is 0 Å². The molecule has 0 spiro atoms. The highest BCUT2D eigenvalue weighted by atomic mass is 35.5. The number of nitrogens with two attached hydrogens (primary N) is 1. The van der Waals surface area contributed by atoms with E-state index in [9.17, 15) is 4.79 Å². The molecule has 1 saturated heterocycles. The van der Waals surface area contributed by atoms with Crippen LogP contribution in [0.4, 0.5) is 0 Å². The predicted octanol–water partition coefficient (Wildman–Crippen LogP) is 3.48. The molecular formula is C18H20ClN3O2.